The topological polar surface area (TPSA) is 82.4 Å². The van der Waals surface area contributed by atoms with Crippen molar-refractivity contribution >= 4 is 38.6 Å². The Balaban J connectivity index is 2.80. The van der Waals surface area contributed by atoms with E-state index in [0.29, 0.717) is 17.3 Å². The molecule has 0 saturated carbocycles. The number of aromatic nitrogens is 1. The van der Waals surface area contributed by atoms with Crippen molar-refractivity contribution in [2.24, 2.45) is 0 Å². The molecule has 12 heteroatoms. The van der Waals surface area contributed by atoms with Gasteiger partial charge in [0.05, 0.1) is 24.6 Å². The highest BCUT2D eigenvalue weighted by molar-refractivity contribution is 8.00. The van der Waals surface area contributed by atoms with E-state index in [2.05, 4.69) is 10.3 Å². The Morgan fingerprint density at radius 1 is 1.19 bits per heavy atom. The van der Waals surface area contributed by atoms with Crippen LogP contribution in [0.15, 0.2) is 47.6 Å². The Morgan fingerprint density at radius 2 is 1.78 bits per heavy atom. The molecule has 0 unspecified atom stereocenters. The van der Waals surface area contributed by atoms with Gasteiger partial charge in [0.2, 0.25) is 16.2 Å². The molecular formula is C20H21ClF3N4O3S+. The molecule has 7 nitrogen and oxygen atoms in total. The minimum absolute atomic E-state index is 0.173. The van der Waals surface area contributed by atoms with E-state index in [1.54, 1.807) is 28.2 Å². The van der Waals surface area contributed by atoms with Gasteiger partial charge in [0, 0.05) is 31.5 Å². The standard InChI is InChI=1S/C20H20ClF3N4O3S/c1-27(2)11-17(13-5-7-15(21)8-6-13)32(30,31)16-9-14(20(22,23)24)10-25-18(16)19(29)26-12-28(3)4/h5-12H,1-4H3/p+1/b17-11+. The average Bonchev–Trinajstić information content (AvgIpc) is 2.69. The molecule has 2 rings (SSSR count). The number of rotatable bonds is 6. The van der Waals surface area contributed by atoms with Gasteiger partial charge in [0.25, 0.3) is 0 Å². The van der Waals surface area contributed by atoms with E-state index in [-0.39, 0.29) is 10.5 Å². The van der Waals surface area contributed by atoms with Crippen LogP contribution in [0, 0.1) is 0 Å². The molecule has 0 aliphatic heterocycles. The predicted octanol–water partition coefficient (Wildman–Crippen LogP) is 3.12. The summed E-state index contributed by atoms with van der Waals surface area (Å²) in [6.07, 6.45) is -2.00. The number of pyridine rings is 1. The third-order valence-electron chi connectivity index (χ3n) is 3.93. The lowest BCUT2D eigenvalue weighted by molar-refractivity contribution is -0.461. The molecule has 0 aliphatic rings. The molecule has 32 heavy (non-hydrogen) atoms. The number of alkyl halides is 3. The summed E-state index contributed by atoms with van der Waals surface area (Å²) in [5.74, 6) is -0.980. The molecule has 0 radical (unpaired) electrons. The number of benzene rings is 1. The van der Waals surface area contributed by atoms with Crippen molar-refractivity contribution in [3.05, 3.63) is 64.6 Å². The lowest BCUT2D eigenvalue weighted by Gasteiger charge is -2.16. The molecule has 2 aromatic rings. The van der Waals surface area contributed by atoms with Crippen molar-refractivity contribution in [3.63, 3.8) is 0 Å². The van der Waals surface area contributed by atoms with Crippen LogP contribution in [-0.2, 0) is 16.0 Å². The first kappa shape index (κ1) is 25.3. The summed E-state index contributed by atoms with van der Waals surface area (Å²) < 4.78 is 68.6. The van der Waals surface area contributed by atoms with Crippen molar-refractivity contribution in [2.45, 2.75) is 11.1 Å². The van der Waals surface area contributed by atoms with E-state index in [1.807, 2.05) is 0 Å². The molecule has 1 N–H and O–H groups in total. The average molecular weight is 490 g/mol. The van der Waals surface area contributed by atoms with Crippen LogP contribution in [0.4, 0.5) is 13.2 Å². The van der Waals surface area contributed by atoms with Crippen LogP contribution < -0.4 is 5.32 Å². The highest BCUT2D eigenvalue weighted by atomic mass is 35.5. The van der Waals surface area contributed by atoms with E-state index < -0.39 is 38.1 Å². The summed E-state index contributed by atoms with van der Waals surface area (Å²) >= 11 is 5.88. The van der Waals surface area contributed by atoms with E-state index in [9.17, 15) is 26.4 Å². The van der Waals surface area contributed by atoms with Gasteiger partial charge in [-0.3, -0.25) is 4.58 Å². The number of sulfone groups is 1. The summed E-state index contributed by atoms with van der Waals surface area (Å²) in [5, 5.41) is 2.65. The number of carbonyl (C=O) groups is 1. The molecule has 0 saturated heterocycles. The van der Waals surface area contributed by atoms with Crippen molar-refractivity contribution in [3.8, 4) is 0 Å². The Kier molecular flexibility index (Phi) is 7.68. The van der Waals surface area contributed by atoms with Gasteiger partial charge >= 0.3 is 12.1 Å². The Hall–Kier alpha value is -2.92. The number of nitrogens with one attached hydrogen (secondary N) is 1. The molecule has 0 bridgehead atoms. The fourth-order valence-electron chi connectivity index (χ4n) is 2.50. The smallest absolute Gasteiger partial charge is 0.382 e. The Labute approximate surface area is 188 Å². The highest BCUT2D eigenvalue weighted by Gasteiger charge is 2.37. The van der Waals surface area contributed by atoms with Crippen LogP contribution in [0.3, 0.4) is 0 Å². The molecular weight excluding hydrogens is 469 g/mol. The van der Waals surface area contributed by atoms with Gasteiger partial charge in [-0.05, 0) is 23.8 Å². The highest BCUT2D eigenvalue weighted by Crippen LogP contribution is 2.35. The van der Waals surface area contributed by atoms with Crippen molar-refractivity contribution in [2.75, 3.05) is 28.2 Å². The molecule has 0 aliphatic carbocycles. The second-order valence-corrected chi connectivity index (χ2v) is 9.42. The van der Waals surface area contributed by atoms with Gasteiger partial charge in [-0.15, -0.1) is 0 Å². The summed E-state index contributed by atoms with van der Waals surface area (Å²) in [4.78, 5) is 16.3. The number of amides is 1. The van der Waals surface area contributed by atoms with Gasteiger partial charge in [0.15, 0.2) is 5.69 Å². The Bertz CT molecular complexity index is 1170. The van der Waals surface area contributed by atoms with E-state index in [4.69, 9.17) is 11.6 Å². The summed E-state index contributed by atoms with van der Waals surface area (Å²) in [6, 6.07) is 6.12. The molecule has 0 atom stereocenters. The van der Waals surface area contributed by atoms with E-state index >= 15 is 0 Å². The Morgan fingerprint density at radius 3 is 2.28 bits per heavy atom. The largest absolute Gasteiger partial charge is 0.417 e. The maximum Gasteiger partial charge on any atom is 0.417 e. The minimum Gasteiger partial charge on any atom is -0.382 e. The van der Waals surface area contributed by atoms with Crippen LogP contribution in [0.5, 0.6) is 0 Å². The van der Waals surface area contributed by atoms with Crippen LogP contribution >= 0.6 is 11.6 Å². The van der Waals surface area contributed by atoms with Crippen molar-refractivity contribution < 1.29 is 31.0 Å². The molecule has 1 amide bonds. The predicted molar refractivity (Wildman–Crippen MR) is 115 cm³/mol. The monoisotopic (exact) mass is 489 g/mol. The number of halogens is 4. The maximum absolute atomic E-state index is 13.6. The van der Waals surface area contributed by atoms with Gasteiger partial charge in [-0.1, -0.05) is 23.7 Å². The molecule has 0 spiro atoms. The third kappa shape index (κ3) is 6.07. The second kappa shape index (κ2) is 9.70. The second-order valence-electron chi connectivity index (χ2n) is 7.10. The quantitative estimate of drug-likeness (QED) is 0.383. The third-order valence-corrected chi connectivity index (χ3v) is 5.99. The number of hydrogen-bond donors (Lipinski definition) is 1. The summed E-state index contributed by atoms with van der Waals surface area (Å²) in [6.45, 7) is 0. The zero-order valence-corrected chi connectivity index (χ0v) is 19.2. The zero-order chi connectivity index (χ0) is 24.3. The number of nitrogens with zero attached hydrogens (tertiary/aromatic N) is 3. The first-order valence-corrected chi connectivity index (χ1v) is 10.9. The lowest BCUT2D eigenvalue weighted by atomic mass is 10.2. The normalized spacial score (nSPS) is 12.3. The van der Waals surface area contributed by atoms with Crippen LogP contribution in [0.25, 0.3) is 4.91 Å². The van der Waals surface area contributed by atoms with Crippen molar-refractivity contribution in [1.29, 1.82) is 0 Å². The first-order valence-electron chi connectivity index (χ1n) is 9.00. The summed E-state index contributed by atoms with van der Waals surface area (Å²) in [7, 11) is 1.66. The van der Waals surface area contributed by atoms with Gasteiger partial charge < -0.3 is 4.90 Å². The van der Waals surface area contributed by atoms with Crippen LogP contribution in [-0.4, -0.2) is 63.3 Å². The van der Waals surface area contributed by atoms with Gasteiger partial charge in [-0.2, -0.15) is 13.2 Å². The maximum atomic E-state index is 13.6. The van der Waals surface area contributed by atoms with E-state index in [0.717, 1.165) is 0 Å². The molecule has 1 aromatic carbocycles. The molecule has 0 fully saturated rings. The molecule has 1 aromatic heterocycles. The number of hydrogen-bond acceptors (Lipinski definition) is 5. The van der Waals surface area contributed by atoms with Gasteiger partial charge in [-0.25, -0.2) is 23.5 Å². The SMILES string of the molecule is CN(C)/C=C(\c1ccc(Cl)cc1)S(=O)(=O)c1cc(C(F)(F)F)cnc1C(=O)NC=[N+](C)C. The van der Waals surface area contributed by atoms with Crippen LogP contribution in [0.2, 0.25) is 5.02 Å². The molecule has 1 heterocycles. The zero-order valence-electron chi connectivity index (χ0n) is 17.6. The van der Waals surface area contributed by atoms with Crippen LogP contribution in [0.1, 0.15) is 21.6 Å². The lowest BCUT2D eigenvalue weighted by Crippen LogP contribution is -2.28. The fraction of sp³-hybridized carbons (Fsp3) is 0.250. The fourth-order valence-corrected chi connectivity index (χ4v) is 4.34. The number of carbonyl (C=O) groups excluding carboxylic acids is 1. The van der Waals surface area contributed by atoms with Crippen molar-refractivity contribution in [1.82, 2.24) is 15.2 Å². The van der Waals surface area contributed by atoms with E-state index in [1.165, 1.54) is 46.3 Å². The minimum atomic E-state index is -4.87. The summed E-state index contributed by atoms with van der Waals surface area (Å²) in [5.41, 5.74) is -1.80. The molecule has 172 valence electrons. The van der Waals surface area contributed by atoms with Gasteiger partial charge in [0.1, 0.15) is 4.90 Å². The first-order chi connectivity index (χ1) is 14.7.